The number of ketones is 2. The van der Waals surface area contributed by atoms with Gasteiger partial charge in [-0.3, -0.25) is 9.59 Å². The van der Waals surface area contributed by atoms with E-state index >= 15 is 0 Å². The number of rotatable bonds is 0. The van der Waals surface area contributed by atoms with Gasteiger partial charge in [-0.15, -0.1) is 0 Å². The van der Waals surface area contributed by atoms with Crippen molar-refractivity contribution in [2.75, 3.05) is 0 Å². The van der Waals surface area contributed by atoms with Gasteiger partial charge in [0, 0.05) is 11.1 Å². The first-order valence-corrected chi connectivity index (χ1v) is 6.24. The second-order valence-electron chi connectivity index (χ2n) is 3.83. The molecule has 0 fully saturated rings. The lowest BCUT2D eigenvalue weighted by Gasteiger charge is -2.11. The van der Waals surface area contributed by atoms with Crippen molar-refractivity contribution in [2.24, 2.45) is 5.41 Å². The van der Waals surface area contributed by atoms with E-state index in [1.807, 2.05) is 27.7 Å². The molecule has 0 radical (unpaired) electrons. The summed E-state index contributed by atoms with van der Waals surface area (Å²) in [5.74, 6) is -0.124. The van der Waals surface area contributed by atoms with Crippen LogP contribution in [0.1, 0.15) is 62.3 Å². The molecule has 0 unspecified atom stereocenters. The Morgan fingerprint density at radius 2 is 1.06 bits per heavy atom. The predicted molar refractivity (Wildman–Crippen MR) is 71.6 cm³/mol. The molecule has 0 aliphatic heterocycles. The molecule has 1 aromatic rings. The molecule has 2 rings (SSSR count). The highest BCUT2D eigenvalue weighted by molar-refractivity contribution is 6.28. The van der Waals surface area contributed by atoms with Crippen molar-refractivity contribution in [3.63, 3.8) is 0 Å². The fraction of sp³-hybridized carbons (Fsp3) is 0.467. The summed E-state index contributed by atoms with van der Waals surface area (Å²) < 4.78 is 0. The van der Waals surface area contributed by atoms with Crippen LogP contribution in [0, 0.1) is 5.41 Å². The van der Waals surface area contributed by atoms with Crippen molar-refractivity contribution in [1.82, 2.24) is 0 Å². The maximum atomic E-state index is 11.7. The Morgan fingerprint density at radius 3 is 1.35 bits per heavy atom. The van der Waals surface area contributed by atoms with Gasteiger partial charge in [-0.25, -0.2) is 0 Å². The maximum Gasteiger partial charge on any atom is 0.176 e. The van der Waals surface area contributed by atoms with Gasteiger partial charge in [0.2, 0.25) is 0 Å². The Bertz CT molecular complexity index is 366. The molecule has 0 spiro atoms. The molecule has 1 aliphatic carbocycles. The second-order valence-corrected chi connectivity index (χ2v) is 3.83. The maximum absolute atomic E-state index is 11.7. The summed E-state index contributed by atoms with van der Waals surface area (Å²) in [6.45, 7) is 11.4. The molecule has 0 atom stereocenters. The minimum atomic E-state index is -0.857. The van der Waals surface area contributed by atoms with Gasteiger partial charge in [0.15, 0.2) is 11.6 Å². The third-order valence-corrected chi connectivity index (χ3v) is 2.55. The summed E-state index contributed by atoms with van der Waals surface area (Å²) in [7, 11) is 0. The number of carbonyl (C=O) groups is 2. The Kier molecular flexibility index (Phi) is 5.80. The van der Waals surface area contributed by atoms with Crippen LogP contribution in [0.2, 0.25) is 0 Å². The van der Waals surface area contributed by atoms with E-state index in [1.54, 1.807) is 38.1 Å². The number of Topliss-reactive ketones (excluding diaryl/α,β-unsaturated/α-hetero) is 2. The smallest absolute Gasteiger partial charge is 0.176 e. The van der Waals surface area contributed by atoms with Crippen LogP contribution in [0.5, 0.6) is 0 Å². The van der Waals surface area contributed by atoms with Gasteiger partial charge in [0.05, 0.1) is 5.41 Å². The molecule has 17 heavy (non-hydrogen) atoms. The normalized spacial score (nSPS) is 15.2. The minimum absolute atomic E-state index is 0.0619. The van der Waals surface area contributed by atoms with Gasteiger partial charge in [0.25, 0.3) is 0 Å². The second kappa shape index (κ2) is 6.33. The van der Waals surface area contributed by atoms with E-state index < -0.39 is 5.41 Å². The fourth-order valence-corrected chi connectivity index (χ4v) is 1.66. The van der Waals surface area contributed by atoms with Crippen molar-refractivity contribution in [2.45, 2.75) is 41.5 Å². The van der Waals surface area contributed by atoms with Gasteiger partial charge < -0.3 is 0 Å². The Labute approximate surface area is 104 Å². The summed E-state index contributed by atoms with van der Waals surface area (Å²) >= 11 is 0. The van der Waals surface area contributed by atoms with E-state index in [0.29, 0.717) is 11.1 Å². The van der Waals surface area contributed by atoms with Crippen LogP contribution in [0.25, 0.3) is 0 Å². The first kappa shape index (κ1) is 15.6. The van der Waals surface area contributed by atoms with Gasteiger partial charge in [-0.2, -0.15) is 0 Å². The monoisotopic (exact) mass is 234 g/mol. The van der Waals surface area contributed by atoms with Gasteiger partial charge in [-0.1, -0.05) is 52.0 Å². The summed E-state index contributed by atoms with van der Waals surface area (Å²) in [6.07, 6.45) is 0. The van der Waals surface area contributed by atoms with Crippen LogP contribution in [-0.2, 0) is 0 Å². The summed E-state index contributed by atoms with van der Waals surface area (Å²) in [4.78, 5) is 23.4. The van der Waals surface area contributed by atoms with Crippen LogP contribution in [-0.4, -0.2) is 11.6 Å². The third kappa shape index (κ3) is 2.63. The topological polar surface area (TPSA) is 34.1 Å². The molecule has 0 saturated heterocycles. The number of benzene rings is 1. The zero-order chi connectivity index (χ0) is 13.6. The lowest BCUT2D eigenvalue weighted by molar-refractivity contribution is 0.0746. The molecule has 94 valence electrons. The molecule has 1 aromatic carbocycles. The average Bonchev–Trinajstić information content (AvgIpc) is 2.57. The highest BCUT2D eigenvalue weighted by atomic mass is 16.2. The van der Waals surface area contributed by atoms with Crippen molar-refractivity contribution in [1.29, 1.82) is 0 Å². The zero-order valence-corrected chi connectivity index (χ0v) is 11.6. The lowest BCUT2D eigenvalue weighted by atomic mass is 9.88. The van der Waals surface area contributed by atoms with E-state index in [9.17, 15) is 9.59 Å². The van der Waals surface area contributed by atoms with E-state index in [-0.39, 0.29) is 11.6 Å². The van der Waals surface area contributed by atoms with Crippen LogP contribution in [0.3, 0.4) is 0 Å². The molecular weight excluding hydrogens is 212 g/mol. The number of fused-ring (bicyclic) bond motifs is 1. The van der Waals surface area contributed by atoms with Crippen LogP contribution >= 0.6 is 0 Å². The third-order valence-electron chi connectivity index (χ3n) is 2.55. The first-order chi connectivity index (χ1) is 8.05. The predicted octanol–water partition coefficient (Wildman–Crippen LogP) is 4.14. The Morgan fingerprint density at radius 1 is 0.765 bits per heavy atom. The zero-order valence-electron chi connectivity index (χ0n) is 11.6. The van der Waals surface area contributed by atoms with Crippen LogP contribution in [0.4, 0.5) is 0 Å². The molecule has 2 nitrogen and oxygen atoms in total. The van der Waals surface area contributed by atoms with Gasteiger partial charge in [-0.05, 0) is 13.8 Å². The molecule has 0 N–H and O–H groups in total. The fourth-order valence-electron chi connectivity index (χ4n) is 1.66. The van der Waals surface area contributed by atoms with Crippen LogP contribution < -0.4 is 0 Å². The van der Waals surface area contributed by atoms with E-state index in [0.717, 1.165) is 0 Å². The SMILES string of the molecule is CC.CC.CC1(C)C(=O)c2ccccc2C1=O. The standard InChI is InChI=1S/C11H10O2.2C2H6/c1-11(2)9(12)7-5-3-4-6-8(7)10(11)13;2*1-2/h3-6H,1-2H3;2*1-2H3. The molecule has 0 amide bonds. The Balaban J connectivity index is 0.000000581. The summed E-state index contributed by atoms with van der Waals surface area (Å²) in [5.41, 5.74) is 0.277. The molecule has 0 heterocycles. The largest absolute Gasteiger partial charge is 0.293 e. The van der Waals surface area contributed by atoms with Crippen molar-refractivity contribution in [3.8, 4) is 0 Å². The molecule has 2 heteroatoms. The van der Waals surface area contributed by atoms with Crippen molar-refractivity contribution in [3.05, 3.63) is 35.4 Å². The van der Waals surface area contributed by atoms with Gasteiger partial charge >= 0.3 is 0 Å². The molecule has 0 bridgehead atoms. The molecule has 0 saturated carbocycles. The van der Waals surface area contributed by atoms with Crippen molar-refractivity contribution < 1.29 is 9.59 Å². The minimum Gasteiger partial charge on any atom is -0.293 e. The molecular formula is C15H22O2. The average molecular weight is 234 g/mol. The van der Waals surface area contributed by atoms with E-state index in [2.05, 4.69) is 0 Å². The van der Waals surface area contributed by atoms with Crippen LogP contribution in [0.15, 0.2) is 24.3 Å². The molecule has 1 aliphatic rings. The number of carbonyl (C=O) groups excluding carboxylic acids is 2. The van der Waals surface area contributed by atoms with E-state index in [1.165, 1.54) is 0 Å². The quantitative estimate of drug-likeness (QED) is 0.632. The van der Waals surface area contributed by atoms with Crippen molar-refractivity contribution >= 4 is 11.6 Å². The molecule has 0 aromatic heterocycles. The highest BCUT2D eigenvalue weighted by Crippen LogP contribution is 2.35. The summed E-state index contributed by atoms with van der Waals surface area (Å²) in [6, 6.07) is 6.99. The Hall–Kier alpha value is -1.44. The summed E-state index contributed by atoms with van der Waals surface area (Å²) in [5, 5.41) is 0. The number of hydrogen-bond donors (Lipinski definition) is 0. The number of hydrogen-bond acceptors (Lipinski definition) is 2. The first-order valence-electron chi connectivity index (χ1n) is 6.24. The van der Waals surface area contributed by atoms with E-state index in [4.69, 9.17) is 0 Å². The highest BCUT2D eigenvalue weighted by Gasteiger charge is 2.45. The lowest BCUT2D eigenvalue weighted by Crippen LogP contribution is -2.25. The van der Waals surface area contributed by atoms with Gasteiger partial charge in [0.1, 0.15) is 0 Å².